The van der Waals surface area contributed by atoms with Gasteiger partial charge in [-0.25, -0.2) is 0 Å². The molecule has 4 nitrogen and oxygen atoms in total. The van der Waals surface area contributed by atoms with E-state index in [1.807, 2.05) is 55.3 Å². The van der Waals surface area contributed by atoms with E-state index >= 15 is 0 Å². The predicted molar refractivity (Wildman–Crippen MR) is 77.7 cm³/mol. The number of likely N-dealkylation sites (N-methyl/N-ethyl adjacent to an activating group) is 1. The molecule has 1 aromatic carbocycles. The Morgan fingerprint density at radius 2 is 2.00 bits per heavy atom. The number of benzene rings is 1. The highest BCUT2D eigenvalue weighted by Crippen LogP contribution is 2.12. The molecule has 0 saturated heterocycles. The number of furan rings is 1. The SMILES string of the molecule is Cc1ccc(OCC(O)CN(C)Cc2ccco2)cc1. The zero-order valence-electron chi connectivity index (χ0n) is 12.0. The van der Waals surface area contributed by atoms with Crippen LogP contribution in [0.4, 0.5) is 0 Å². The van der Waals surface area contributed by atoms with Gasteiger partial charge in [0.15, 0.2) is 0 Å². The van der Waals surface area contributed by atoms with Crippen LogP contribution in [0.5, 0.6) is 5.75 Å². The first-order valence-corrected chi connectivity index (χ1v) is 6.72. The summed E-state index contributed by atoms with van der Waals surface area (Å²) in [5, 5.41) is 9.97. The van der Waals surface area contributed by atoms with E-state index < -0.39 is 6.10 Å². The summed E-state index contributed by atoms with van der Waals surface area (Å²) in [5.74, 6) is 1.67. The van der Waals surface area contributed by atoms with Crippen LogP contribution >= 0.6 is 0 Å². The second kappa shape index (κ2) is 7.12. The molecule has 1 unspecified atom stereocenters. The quantitative estimate of drug-likeness (QED) is 0.843. The largest absolute Gasteiger partial charge is 0.491 e. The van der Waals surface area contributed by atoms with Gasteiger partial charge in [-0.2, -0.15) is 0 Å². The molecule has 0 radical (unpaired) electrons. The lowest BCUT2D eigenvalue weighted by Gasteiger charge is -2.19. The number of nitrogens with zero attached hydrogens (tertiary/aromatic N) is 1. The molecular weight excluding hydrogens is 254 g/mol. The van der Waals surface area contributed by atoms with Gasteiger partial charge in [0.2, 0.25) is 0 Å². The van der Waals surface area contributed by atoms with Crippen LogP contribution in [0.3, 0.4) is 0 Å². The van der Waals surface area contributed by atoms with Gasteiger partial charge in [-0.3, -0.25) is 4.90 Å². The third-order valence-corrected chi connectivity index (χ3v) is 2.99. The molecule has 0 amide bonds. The highest BCUT2D eigenvalue weighted by molar-refractivity contribution is 5.26. The zero-order chi connectivity index (χ0) is 14.4. The van der Waals surface area contributed by atoms with Gasteiger partial charge in [-0.1, -0.05) is 17.7 Å². The van der Waals surface area contributed by atoms with Gasteiger partial charge in [0.05, 0.1) is 12.8 Å². The summed E-state index contributed by atoms with van der Waals surface area (Å²) in [6.07, 6.45) is 1.12. The predicted octanol–water partition coefficient (Wildman–Crippen LogP) is 2.46. The van der Waals surface area contributed by atoms with E-state index in [-0.39, 0.29) is 6.61 Å². The number of aliphatic hydroxyl groups is 1. The molecule has 1 N–H and O–H groups in total. The molecule has 0 bridgehead atoms. The second-order valence-electron chi connectivity index (χ2n) is 5.05. The molecule has 0 aliphatic carbocycles. The highest BCUT2D eigenvalue weighted by atomic mass is 16.5. The lowest BCUT2D eigenvalue weighted by molar-refractivity contribution is 0.0725. The summed E-state index contributed by atoms with van der Waals surface area (Å²) < 4.78 is 10.8. The summed E-state index contributed by atoms with van der Waals surface area (Å²) in [7, 11) is 1.94. The lowest BCUT2D eigenvalue weighted by atomic mass is 10.2. The Kier molecular flexibility index (Phi) is 5.21. The van der Waals surface area contributed by atoms with Crippen molar-refractivity contribution in [3.63, 3.8) is 0 Å². The number of aryl methyl sites for hydroxylation is 1. The van der Waals surface area contributed by atoms with Crippen molar-refractivity contribution in [1.82, 2.24) is 4.90 Å². The van der Waals surface area contributed by atoms with E-state index in [9.17, 15) is 5.11 Å². The Morgan fingerprint density at radius 3 is 2.65 bits per heavy atom. The first-order chi connectivity index (χ1) is 9.63. The van der Waals surface area contributed by atoms with Crippen LogP contribution < -0.4 is 4.74 Å². The highest BCUT2D eigenvalue weighted by Gasteiger charge is 2.10. The molecule has 4 heteroatoms. The molecule has 0 aliphatic heterocycles. The Morgan fingerprint density at radius 1 is 1.25 bits per heavy atom. The van der Waals surface area contributed by atoms with Gasteiger partial charge >= 0.3 is 0 Å². The van der Waals surface area contributed by atoms with Crippen molar-refractivity contribution in [2.24, 2.45) is 0 Å². The fraction of sp³-hybridized carbons (Fsp3) is 0.375. The molecule has 2 rings (SSSR count). The molecule has 0 saturated carbocycles. The van der Waals surface area contributed by atoms with Crippen LogP contribution in [0.2, 0.25) is 0 Å². The Balaban J connectivity index is 1.71. The minimum absolute atomic E-state index is 0.283. The van der Waals surface area contributed by atoms with E-state index in [4.69, 9.17) is 9.15 Å². The maximum absolute atomic E-state index is 9.97. The van der Waals surface area contributed by atoms with Crippen molar-refractivity contribution in [3.05, 3.63) is 54.0 Å². The summed E-state index contributed by atoms with van der Waals surface area (Å²) in [6, 6.07) is 11.6. The van der Waals surface area contributed by atoms with Crippen molar-refractivity contribution >= 4 is 0 Å². The molecule has 0 aliphatic rings. The van der Waals surface area contributed by atoms with Gasteiger partial charge in [-0.15, -0.1) is 0 Å². The molecule has 1 aromatic heterocycles. The normalized spacial score (nSPS) is 12.6. The average molecular weight is 275 g/mol. The smallest absolute Gasteiger partial charge is 0.119 e. The Labute approximate surface area is 119 Å². The number of rotatable bonds is 7. The molecule has 0 spiro atoms. The number of hydrogen-bond acceptors (Lipinski definition) is 4. The standard InChI is InChI=1S/C16H21NO3/c1-13-5-7-15(8-6-13)20-12-14(18)10-17(2)11-16-4-3-9-19-16/h3-9,14,18H,10-12H2,1-2H3. The zero-order valence-corrected chi connectivity index (χ0v) is 12.0. The van der Waals surface area contributed by atoms with Crippen LogP contribution in [0, 0.1) is 6.92 Å². The topological polar surface area (TPSA) is 45.8 Å². The Hall–Kier alpha value is -1.78. The van der Waals surface area contributed by atoms with Crippen LogP contribution in [0.15, 0.2) is 47.1 Å². The first kappa shape index (κ1) is 14.6. The van der Waals surface area contributed by atoms with Gasteiger partial charge in [0.1, 0.15) is 24.2 Å². The fourth-order valence-electron chi connectivity index (χ4n) is 1.97. The van der Waals surface area contributed by atoms with Crippen molar-refractivity contribution in [2.45, 2.75) is 19.6 Å². The van der Waals surface area contributed by atoms with E-state index in [1.165, 1.54) is 5.56 Å². The number of aliphatic hydroxyl groups excluding tert-OH is 1. The number of ether oxygens (including phenoxy) is 1. The maximum Gasteiger partial charge on any atom is 0.119 e. The monoisotopic (exact) mass is 275 g/mol. The Bertz CT molecular complexity index is 493. The third kappa shape index (κ3) is 4.72. The van der Waals surface area contributed by atoms with Crippen molar-refractivity contribution in [2.75, 3.05) is 20.2 Å². The molecule has 108 valence electrons. The van der Waals surface area contributed by atoms with Gasteiger partial charge in [0.25, 0.3) is 0 Å². The van der Waals surface area contributed by atoms with E-state index in [2.05, 4.69) is 0 Å². The van der Waals surface area contributed by atoms with Crippen LogP contribution in [-0.4, -0.2) is 36.3 Å². The van der Waals surface area contributed by atoms with E-state index in [1.54, 1.807) is 6.26 Å². The van der Waals surface area contributed by atoms with Crippen molar-refractivity contribution < 1.29 is 14.3 Å². The van der Waals surface area contributed by atoms with E-state index in [0.717, 1.165) is 11.5 Å². The summed E-state index contributed by atoms with van der Waals surface area (Å²) in [5.41, 5.74) is 1.19. The lowest BCUT2D eigenvalue weighted by Crippen LogP contribution is -2.32. The van der Waals surface area contributed by atoms with Crippen LogP contribution in [0.25, 0.3) is 0 Å². The van der Waals surface area contributed by atoms with Crippen LogP contribution in [-0.2, 0) is 6.54 Å². The first-order valence-electron chi connectivity index (χ1n) is 6.72. The van der Waals surface area contributed by atoms with E-state index in [0.29, 0.717) is 13.1 Å². The van der Waals surface area contributed by atoms with Crippen LogP contribution in [0.1, 0.15) is 11.3 Å². The van der Waals surface area contributed by atoms with Crippen molar-refractivity contribution in [1.29, 1.82) is 0 Å². The fourth-order valence-corrected chi connectivity index (χ4v) is 1.97. The second-order valence-corrected chi connectivity index (χ2v) is 5.05. The minimum Gasteiger partial charge on any atom is -0.491 e. The van der Waals surface area contributed by atoms with Gasteiger partial charge in [-0.05, 0) is 38.2 Å². The molecule has 1 heterocycles. The van der Waals surface area contributed by atoms with Gasteiger partial charge in [0, 0.05) is 6.54 Å². The molecular formula is C16H21NO3. The molecule has 2 aromatic rings. The summed E-state index contributed by atoms with van der Waals surface area (Å²) in [4.78, 5) is 2.00. The minimum atomic E-state index is -0.531. The summed E-state index contributed by atoms with van der Waals surface area (Å²) >= 11 is 0. The van der Waals surface area contributed by atoms with Crippen molar-refractivity contribution in [3.8, 4) is 5.75 Å². The van der Waals surface area contributed by atoms with Gasteiger partial charge < -0.3 is 14.3 Å². The number of hydrogen-bond donors (Lipinski definition) is 1. The maximum atomic E-state index is 9.97. The molecule has 1 atom stereocenters. The average Bonchev–Trinajstić information content (AvgIpc) is 2.90. The molecule has 0 fully saturated rings. The molecule has 20 heavy (non-hydrogen) atoms. The summed E-state index contributed by atoms with van der Waals surface area (Å²) in [6.45, 7) is 3.52. The third-order valence-electron chi connectivity index (χ3n) is 2.99.